The van der Waals surface area contributed by atoms with Gasteiger partial charge in [0.05, 0.1) is 5.92 Å². The van der Waals surface area contributed by atoms with Crippen LogP contribution in [0.15, 0.2) is 30.3 Å². The van der Waals surface area contributed by atoms with Crippen LogP contribution < -0.4 is 10.2 Å². The SMILES string of the molecule is CCC(CNC)C(=O)N(CC)c1ccccc1. The maximum absolute atomic E-state index is 12.4. The highest BCUT2D eigenvalue weighted by Gasteiger charge is 2.22. The maximum Gasteiger partial charge on any atom is 0.231 e. The summed E-state index contributed by atoms with van der Waals surface area (Å²) in [5.74, 6) is 0.260. The van der Waals surface area contributed by atoms with Crippen molar-refractivity contribution in [3.63, 3.8) is 0 Å². The minimum Gasteiger partial charge on any atom is -0.319 e. The molecule has 0 aliphatic rings. The first-order chi connectivity index (χ1) is 8.24. The fraction of sp³-hybridized carbons (Fsp3) is 0.500. The van der Waals surface area contributed by atoms with E-state index in [1.165, 1.54) is 0 Å². The van der Waals surface area contributed by atoms with Crippen LogP contribution in [0.3, 0.4) is 0 Å². The van der Waals surface area contributed by atoms with Crippen LogP contribution >= 0.6 is 0 Å². The van der Waals surface area contributed by atoms with Gasteiger partial charge in [-0.3, -0.25) is 4.79 Å². The van der Waals surface area contributed by atoms with Crippen molar-refractivity contribution in [2.75, 3.05) is 25.0 Å². The average Bonchev–Trinajstić information content (AvgIpc) is 2.38. The summed E-state index contributed by atoms with van der Waals surface area (Å²) in [6, 6.07) is 9.85. The van der Waals surface area contributed by atoms with Crippen LogP contribution in [-0.2, 0) is 4.79 Å². The molecule has 1 rings (SSSR count). The Bertz CT molecular complexity index is 337. The Kier molecular flexibility index (Phi) is 5.70. The van der Waals surface area contributed by atoms with Crippen molar-refractivity contribution in [3.8, 4) is 0 Å². The van der Waals surface area contributed by atoms with E-state index in [-0.39, 0.29) is 11.8 Å². The molecule has 1 amide bonds. The van der Waals surface area contributed by atoms with E-state index < -0.39 is 0 Å². The van der Waals surface area contributed by atoms with Gasteiger partial charge in [0.1, 0.15) is 0 Å². The fourth-order valence-electron chi connectivity index (χ4n) is 1.95. The zero-order valence-electron chi connectivity index (χ0n) is 10.9. The van der Waals surface area contributed by atoms with E-state index in [1.807, 2.05) is 49.2 Å². The molecule has 0 aromatic heterocycles. The number of rotatable bonds is 6. The molecular formula is C14H22N2O. The lowest BCUT2D eigenvalue weighted by Gasteiger charge is -2.25. The van der Waals surface area contributed by atoms with Gasteiger partial charge in [0.2, 0.25) is 5.91 Å². The summed E-state index contributed by atoms with van der Waals surface area (Å²) in [4.78, 5) is 14.2. The number of benzene rings is 1. The van der Waals surface area contributed by atoms with Crippen molar-refractivity contribution >= 4 is 11.6 Å². The Morgan fingerprint density at radius 3 is 2.41 bits per heavy atom. The van der Waals surface area contributed by atoms with Crippen LogP contribution in [0.25, 0.3) is 0 Å². The van der Waals surface area contributed by atoms with E-state index in [0.29, 0.717) is 6.54 Å². The second-order valence-electron chi connectivity index (χ2n) is 4.08. The molecule has 3 heteroatoms. The summed E-state index contributed by atoms with van der Waals surface area (Å²) in [6.45, 7) is 5.51. The Balaban J connectivity index is 2.83. The topological polar surface area (TPSA) is 32.3 Å². The highest BCUT2D eigenvalue weighted by atomic mass is 16.2. The molecule has 1 unspecified atom stereocenters. The lowest BCUT2D eigenvalue weighted by Crippen LogP contribution is -2.39. The number of nitrogens with one attached hydrogen (secondary N) is 1. The quantitative estimate of drug-likeness (QED) is 0.819. The zero-order valence-corrected chi connectivity index (χ0v) is 10.9. The Morgan fingerprint density at radius 1 is 1.29 bits per heavy atom. The minimum atomic E-state index is 0.0557. The number of anilines is 1. The summed E-state index contributed by atoms with van der Waals surface area (Å²) in [5.41, 5.74) is 0.981. The van der Waals surface area contributed by atoms with Crippen LogP contribution in [0.1, 0.15) is 20.3 Å². The van der Waals surface area contributed by atoms with Crippen molar-refractivity contribution in [2.45, 2.75) is 20.3 Å². The van der Waals surface area contributed by atoms with E-state index in [9.17, 15) is 4.79 Å². The molecule has 0 spiro atoms. The summed E-state index contributed by atoms with van der Waals surface area (Å²) in [6.07, 6.45) is 0.864. The highest BCUT2D eigenvalue weighted by molar-refractivity contribution is 5.95. The van der Waals surface area contributed by atoms with Crippen LogP contribution in [0.5, 0.6) is 0 Å². The molecule has 0 bridgehead atoms. The van der Waals surface area contributed by atoms with Crippen molar-refractivity contribution in [3.05, 3.63) is 30.3 Å². The van der Waals surface area contributed by atoms with Gasteiger partial charge in [0.15, 0.2) is 0 Å². The van der Waals surface area contributed by atoms with Crippen LogP contribution in [-0.4, -0.2) is 26.0 Å². The molecule has 17 heavy (non-hydrogen) atoms. The molecule has 1 aromatic rings. The number of amides is 1. The molecule has 0 heterocycles. The second kappa shape index (κ2) is 7.07. The van der Waals surface area contributed by atoms with E-state index in [4.69, 9.17) is 0 Å². The monoisotopic (exact) mass is 234 g/mol. The van der Waals surface area contributed by atoms with Crippen molar-refractivity contribution in [1.82, 2.24) is 5.32 Å². The first kappa shape index (κ1) is 13.7. The van der Waals surface area contributed by atoms with E-state index in [1.54, 1.807) is 0 Å². The summed E-state index contributed by atoms with van der Waals surface area (Å²) >= 11 is 0. The lowest BCUT2D eigenvalue weighted by molar-refractivity contribution is -0.122. The van der Waals surface area contributed by atoms with E-state index in [0.717, 1.165) is 18.7 Å². The van der Waals surface area contributed by atoms with Crippen LogP contribution in [0.4, 0.5) is 5.69 Å². The molecule has 1 N–H and O–H groups in total. The zero-order chi connectivity index (χ0) is 12.7. The molecule has 1 aromatic carbocycles. The van der Waals surface area contributed by atoms with Gasteiger partial charge in [-0.15, -0.1) is 0 Å². The van der Waals surface area contributed by atoms with Gasteiger partial charge in [0, 0.05) is 18.8 Å². The maximum atomic E-state index is 12.4. The van der Waals surface area contributed by atoms with Crippen molar-refractivity contribution in [1.29, 1.82) is 0 Å². The average molecular weight is 234 g/mol. The van der Waals surface area contributed by atoms with Crippen molar-refractivity contribution < 1.29 is 4.79 Å². The van der Waals surface area contributed by atoms with Gasteiger partial charge in [-0.2, -0.15) is 0 Å². The Hall–Kier alpha value is -1.35. The smallest absolute Gasteiger partial charge is 0.231 e. The number of hydrogen-bond donors (Lipinski definition) is 1. The molecule has 0 aliphatic heterocycles. The van der Waals surface area contributed by atoms with Gasteiger partial charge in [-0.1, -0.05) is 25.1 Å². The van der Waals surface area contributed by atoms with E-state index in [2.05, 4.69) is 12.2 Å². The first-order valence-electron chi connectivity index (χ1n) is 6.25. The fourth-order valence-corrected chi connectivity index (χ4v) is 1.95. The summed E-state index contributed by atoms with van der Waals surface area (Å²) in [7, 11) is 1.88. The standard InChI is InChI=1S/C14H22N2O/c1-4-12(11-15-3)14(17)16(5-2)13-9-7-6-8-10-13/h6-10,12,15H,4-5,11H2,1-3H3. The largest absolute Gasteiger partial charge is 0.319 e. The van der Waals surface area contributed by atoms with Crippen LogP contribution in [0, 0.1) is 5.92 Å². The first-order valence-corrected chi connectivity index (χ1v) is 6.25. The molecule has 0 saturated heterocycles. The summed E-state index contributed by atoms with van der Waals surface area (Å²) < 4.78 is 0. The predicted octanol–water partition coefficient (Wildman–Crippen LogP) is 2.29. The Morgan fingerprint density at radius 2 is 1.94 bits per heavy atom. The molecular weight excluding hydrogens is 212 g/mol. The molecule has 0 saturated carbocycles. The predicted molar refractivity (Wildman–Crippen MR) is 72.2 cm³/mol. The number of carbonyl (C=O) groups is 1. The highest BCUT2D eigenvalue weighted by Crippen LogP contribution is 2.17. The van der Waals surface area contributed by atoms with Gasteiger partial charge >= 0.3 is 0 Å². The molecule has 94 valence electrons. The molecule has 1 atom stereocenters. The summed E-state index contributed by atoms with van der Waals surface area (Å²) in [5, 5.41) is 3.08. The molecule has 0 aliphatic carbocycles. The Labute approximate surface area is 104 Å². The van der Waals surface area contributed by atoms with E-state index >= 15 is 0 Å². The van der Waals surface area contributed by atoms with Gasteiger partial charge in [-0.25, -0.2) is 0 Å². The number of hydrogen-bond acceptors (Lipinski definition) is 2. The van der Waals surface area contributed by atoms with Crippen LogP contribution in [0.2, 0.25) is 0 Å². The van der Waals surface area contributed by atoms with Gasteiger partial charge in [-0.05, 0) is 32.5 Å². The van der Waals surface area contributed by atoms with Gasteiger partial charge in [0.25, 0.3) is 0 Å². The molecule has 0 fully saturated rings. The van der Waals surface area contributed by atoms with Gasteiger partial charge < -0.3 is 10.2 Å². The van der Waals surface area contributed by atoms with Crippen molar-refractivity contribution in [2.24, 2.45) is 5.92 Å². The lowest BCUT2D eigenvalue weighted by atomic mass is 10.0. The second-order valence-corrected chi connectivity index (χ2v) is 4.08. The number of nitrogens with zero attached hydrogens (tertiary/aromatic N) is 1. The molecule has 0 radical (unpaired) electrons. The number of carbonyl (C=O) groups excluding carboxylic acids is 1. The third-order valence-electron chi connectivity index (χ3n) is 2.94. The number of para-hydroxylation sites is 1. The third-order valence-corrected chi connectivity index (χ3v) is 2.94. The minimum absolute atomic E-state index is 0.0557. The molecule has 3 nitrogen and oxygen atoms in total. The third kappa shape index (κ3) is 3.56. The normalized spacial score (nSPS) is 12.2.